The summed E-state index contributed by atoms with van der Waals surface area (Å²) in [4.78, 5) is 25.5. The van der Waals surface area contributed by atoms with Gasteiger partial charge < -0.3 is 20.3 Å². The van der Waals surface area contributed by atoms with E-state index in [1.54, 1.807) is 0 Å². The summed E-state index contributed by atoms with van der Waals surface area (Å²) in [5, 5.41) is 5.91. The first-order valence-electron chi connectivity index (χ1n) is 6.37. The zero-order chi connectivity index (χ0) is 14.5. The molecule has 0 aliphatic carbocycles. The Morgan fingerprint density at radius 3 is 3.00 bits per heavy atom. The molecule has 2 N–H and O–H groups in total. The Labute approximate surface area is 121 Å². The fraction of sp³-hybridized carbons (Fsp3) is 0.636. The third-order valence-electron chi connectivity index (χ3n) is 2.91. The number of amides is 1. The van der Waals surface area contributed by atoms with Crippen LogP contribution in [0, 0.1) is 0 Å². The molecule has 1 amide bonds. The smallest absolute Gasteiger partial charge is 0.407 e. The zero-order valence-corrected chi connectivity index (χ0v) is 12.1. The van der Waals surface area contributed by atoms with E-state index in [9.17, 15) is 4.79 Å². The molecule has 0 bridgehead atoms. The summed E-state index contributed by atoms with van der Waals surface area (Å²) in [5.74, 6) is 0.960. The Bertz CT molecular complexity index is 486. The number of aromatic nitrogens is 3. The molecule has 1 aromatic heterocycles. The van der Waals surface area contributed by atoms with Gasteiger partial charge >= 0.3 is 6.09 Å². The number of nitrogens with one attached hydrogen (secondary N) is 2. The molecule has 1 saturated heterocycles. The monoisotopic (exact) mass is 300 g/mol. The lowest BCUT2D eigenvalue weighted by atomic mass is 10.3. The van der Waals surface area contributed by atoms with Crippen LogP contribution in [0.4, 0.5) is 16.7 Å². The second-order valence-corrected chi connectivity index (χ2v) is 4.66. The van der Waals surface area contributed by atoms with Crippen molar-refractivity contribution in [3.8, 4) is 0 Å². The number of halogens is 1. The average Bonchev–Trinajstić information content (AvgIpc) is 2.87. The number of alkyl carbamates (subject to hydrolysis) is 1. The third-order valence-corrected chi connectivity index (χ3v) is 3.08. The molecule has 0 aromatic carbocycles. The predicted octanol–water partition coefficient (Wildman–Crippen LogP) is 0.891. The molecule has 1 atom stereocenters. The molecule has 0 radical (unpaired) electrons. The molecule has 1 aromatic rings. The largest absolute Gasteiger partial charge is 0.453 e. The van der Waals surface area contributed by atoms with E-state index < -0.39 is 6.09 Å². The Kier molecular flexibility index (Phi) is 4.78. The van der Waals surface area contributed by atoms with E-state index in [4.69, 9.17) is 11.6 Å². The van der Waals surface area contributed by atoms with Gasteiger partial charge in [0, 0.05) is 19.6 Å². The van der Waals surface area contributed by atoms with Gasteiger partial charge in [0.2, 0.25) is 17.2 Å². The SMILES string of the molecule is CCNc1nc(Cl)nc(N2CCC(NC(=O)OC)C2)n1. The van der Waals surface area contributed by atoms with Gasteiger partial charge in [-0.05, 0) is 24.9 Å². The first-order valence-corrected chi connectivity index (χ1v) is 6.75. The Morgan fingerprint density at radius 1 is 1.50 bits per heavy atom. The zero-order valence-electron chi connectivity index (χ0n) is 11.4. The fourth-order valence-corrected chi connectivity index (χ4v) is 2.16. The van der Waals surface area contributed by atoms with Gasteiger partial charge in [-0.3, -0.25) is 0 Å². The van der Waals surface area contributed by atoms with Gasteiger partial charge in [0.1, 0.15) is 0 Å². The standard InChI is InChI=1S/C11H17ClN6O2/c1-3-13-9-15-8(12)16-10(17-9)18-5-4-7(6-18)14-11(19)20-2/h7H,3-6H2,1-2H3,(H,14,19)(H,13,15,16,17). The summed E-state index contributed by atoms with van der Waals surface area (Å²) in [6.45, 7) is 4.00. The van der Waals surface area contributed by atoms with Gasteiger partial charge in [-0.1, -0.05) is 0 Å². The number of hydrogen-bond acceptors (Lipinski definition) is 7. The van der Waals surface area contributed by atoms with Gasteiger partial charge in [0.15, 0.2) is 0 Å². The highest BCUT2D eigenvalue weighted by molar-refractivity contribution is 6.28. The Hall–Kier alpha value is -1.83. The van der Waals surface area contributed by atoms with Gasteiger partial charge in [-0.15, -0.1) is 0 Å². The first-order chi connectivity index (χ1) is 9.62. The van der Waals surface area contributed by atoms with E-state index in [0.717, 1.165) is 13.0 Å². The van der Waals surface area contributed by atoms with Gasteiger partial charge in [-0.2, -0.15) is 15.0 Å². The van der Waals surface area contributed by atoms with Gasteiger partial charge in [0.05, 0.1) is 13.2 Å². The van der Waals surface area contributed by atoms with Crippen LogP contribution in [-0.2, 0) is 4.74 Å². The van der Waals surface area contributed by atoms with Gasteiger partial charge in [-0.25, -0.2) is 4.79 Å². The van der Waals surface area contributed by atoms with Crippen LogP contribution in [0.3, 0.4) is 0 Å². The van der Waals surface area contributed by atoms with E-state index in [1.165, 1.54) is 7.11 Å². The van der Waals surface area contributed by atoms with E-state index in [-0.39, 0.29) is 11.3 Å². The number of carbonyl (C=O) groups excluding carboxylic acids is 1. The summed E-state index contributed by atoms with van der Waals surface area (Å²) < 4.78 is 4.58. The molecule has 2 rings (SSSR count). The van der Waals surface area contributed by atoms with Crippen LogP contribution in [0.25, 0.3) is 0 Å². The molecule has 9 heteroatoms. The number of methoxy groups -OCH3 is 1. The van der Waals surface area contributed by atoms with Crippen molar-refractivity contribution in [3.63, 3.8) is 0 Å². The molecule has 8 nitrogen and oxygen atoms in total. The van der Waals surface area contributed by atoms with Crippen LogP contribution < -0.4 is 15.5 Å². The lowest BCUT2D eigenvalue weighted by Crippen LogP contribution is -2.37. The second-order valence-electron chi connectivity index (χ2n) is 4.33. The molecule has 1 fully saturated rings. The maximum atomic E-state index is 11.2. The molecule has 110 valence electrons. The van der Waals surface area contributed by atoms with Crippen LogP contribution in [-0.4, -0.2) is 53.8 Å². The number of ether oxygens (including phenoxy) is 1. The lowest BCUT2D eigenvalue weighted by Gasteiger charge is -2.17. The van der Waals surface area contributed by atoms with Crippen LogP contribution in [0.15, 0.2) is 0 Å². The molecule has 20 heavy (non-hydrogen) atoms. The molecular weight excluding hydrogens is 284 g/mol. The predicted molar refractivity (Wildman–Crippen MR) is 75.2 cm³/mol. The van der Waals surface area contributed by atoms with Crippen molar-refractivity contribution in [3.05, 3.63) is 5.28 Å². The number of rotatable bonds is 4. The van der Waals surface area contributed by atoms with Crippen LogP contribution in [0.5, 0.6) is 0 Å². The van der Waals surface area contributed by atoms with E-state index in [2.05, 4.69) is 30.3 Å². The van der Waals surface area contributed by atoms with Crippen molar-refractivity contribution >= 4 is 29.6 Å². The quantitative estimate of drug-likeness (QED) is 0.853. The van der Waals surface area contributed by atoms with Crippen LogP contribution in [0.1, 0.15) is 13.3 Å². The van der Waals surface area contributed by atoms with E-state index in [1.807, 2.05) is 11.8 Å². The van der Waals surface area contributed by atoms with Crippen molar-refractivity contribution in [1.82, 2.24) is 20.3 Å². The topological polar surface area (TPSA) is 92.3 Å². The third kappa shape index (κ3) is 3.60. The van der Waals surface area contributed by atoms with Crippen molar-refractivity contribution in [1.29, 1.82) is 0 Å². The summed E-state index contributed by atoms with van der Waals surface area (Å²) >= 11 is 5.89. The minimum atomic E-state index is -0.432. The van der Waals surface area contributed by atoms with E-state index in [0.29, 0.717) is 25.0 Å². The van der Waals surface area contributed by atoms with Crippen molar-refractivity contribution < 1.29 is 9.53 Å². The van der Waals surface area contributed by atoms with Crippen molar-refractivity contribution in [2.75, 3.05) is 37.0 Å². The maximum Gasteiger partial charge on any atom is 0.407 e. The van der Waals surface area contributed by atoms with Crippen molar-refractivity contribution in [2.45, 2.75) is 19.4 Å². The molecule has 1 aliphatic rings. The van der Waals surface area contributed by atoms with Crippen LogP contribution in [0.2, 0.25) is 5.28 Å². The van der Waals surface area contributed by atoms with Gasteiger partial charge in [0.25, 0.3) is 0 Å². The summed E-state index contributed by atoms with van der Waals surface area (Å²) in [6.07, 6.45) is 0.369. The van der Waals surface area contributed by atoms with Crippen molar-refractivity contribution in [2.24, 2.45) is 0 Å². The lowest BCUT2D eigenvalue weighted by molar-refractivity contribution is 0.167. The molecular formula is C11H17ClN6O2. The Morgan fingerprint density at radius 2 is 2.30 bits per heavy atom. The molecule has 1 aliphatic heterocycles. The molecule has 1 unspecified atom stereocenters. The summed E-state index contributed by atoms with van der Waals surface area (Å²) in [6, 6.07) is 0.0144. The minimum absolute atomic E-state index is 0.0144. The Balaban J connectivity index is 2.04. The highest BCUT2D eigenvalue weighted by atomic mass is 35.5. The summed E-state index contributed by atoms with van der Waals surface area (Å²) in [7, 11) is 1.34. The minimum Gasteiger partial charge on any atom is -0.453 e. The molecule has 2 heterocycles. The number of anilines is 2. The fourth-order valence-electron chi connectivity index (χ4n) is 2.00. The highest BCUT2D eigenvalue weighted by Gasteiger charge is 2.26. The van der Waals surface area contributed by atoms with E-state index >= 15 is 0 Å². The number of nitrogens with zero attached hydrogens (tertiary/aromatic N) is 4. The normalized spacial score (nSPS) is 17.9. The second kappa shape index (κ2) is 6.56. The molecule has 0 spiro atoms. The summed E-state index contributed by atoms with van der Waals surface area (Å²) in [5.41, 5.74) is 0. The van der Waals surface area contributed by atoms with Crippen LogP contribution >= 0.6 is 11.6 Å². The molecule has 0 saturated carbocycles. The number of hydrogen-bond donors (Lipinski definition) is 2. The highest BCUT2D eigenvalue weighted by Crippen LogP contribution is 2.19. The maximum absolute atomic E-state index is 11.2. The first kappa shape index (κ1) is 14.6. The number of carbonyl (C=O) groups is 1. The average molecular weight is 301 g/mol.